The van der Waals surface area contributed by atoms with E-state index in [9.17, 15) is 19.5 Å². The Balaban J connectivity index is 1.37. The molecule has 9 heteroatoms. The summed E-state index contributed by atoms with van der Waals surface area (Å²) in [5, 5.41) is 9.38. The van der Waals surface area contributed by atoms with E-state index in [1.165, 1.54) is 0 Å². The monoisotopic (exact) mass is 626 g/mol. The summed E-state index contributed by atoms with van der Waals surface area (Å²) in [5.41, 5.74) is 0.491. The standard InChI is InChI=1S/C37H46N4O5/c1-4-38(5-2)28-16-18-29(19-17-28)40-24-13-21-37-31(34(44)41(32(37)35(40)45)23-10-7-11-25-42)30-33(43)39(22-12-20-36(30,3)46-37)26-27-14-8-6-9-15-27/h6,8-9,12-21,30-32,42H,4-5,7,10-11,22-26H2,1-3H3/t30-,31-,32?,36+,37-/m0/s1. The molecule has 0 saturated carbocycles. The maximum absolute atomic E-state index is 14.8. The maximum Gasteiger partial charge on any atom is 0.253 e. The fraction of sp³-hybridized carbons (Fsp3) is 0.486. The van der Waals surface area contributed by atoms with Crippen LogP contribution in [0.25, 0.3) is 0 Å². The number of nitrogens with zero attached hydrogens (tertiary/aromatic N) is 4. The van der Waals surface area contributed by atoms with E-state index in [1.54, 1.807) is 14.7 Å². The molecule has 1 unspecified atom stereocenters. The Morgan fingerprint density at radius 3 is 2.26 bits per heavy atom. The number of hydrogen-bond donors (Lipinski definition) is 1. The second-order valence-corrected chi connectivity index (χ2v) is 13.0. The molecule has 2 saturated heterocycles. The van der Waals surface area contributed by atoms with Gasteiger partial charge in [-0.15, -0.1) is 0 Å². The quantitative estimate of drug-likeness (QED) is 0.298. The predicted octanol–water partition coefficient (Wildman–Crippen LogP) is 4.17. The molecule has 1 N–H and O–H groups in total. The molecule has 2 aromatic carbocycles. The van der Waals surface area contributed by atoms with Gasteiger partial charge in [0.1, 0.15) is 11.6 Å². The van der Waals surface area contributed by atoms with Crippen molar-refractivity contribution in [1.29, 1.82) is 0 Å². The molecule has 5 atom stereocenters. The third-order valence-corrected chi connectivity index (χ3v) is 10.2. The van der Waals surface area contributed by atoms with E-state index >= 15 is 0 Å². The normalized spacial score (nSPS) is 28.7. The first-order valence-electron chi connectivity index (χ1n) is 16.7. The van der Waals surface area contributed by atoms with E-state index in [1.807, 2.05) is 85.8 Å². The van der Waals surface area contributed by atoms with Crippen LogP contribution in [0.2, 0.25) is 0 Å². The van der Waals surface area contributed by atoms with E-state index in [4.69, 9.17) is 4.74 Å². The number of unbranched alkanes of at least 4 members (excludes halogenated alkanes) is 2. The molecule has 46 heavy (non-hydrogen) atoms. The van der Waals surface area contributed by atoms with Gasteiger partial charge in [0.25, 0.3) is 5.91 Å². The van der Waals surface area contributed by atoms with Crippen molar-refractivity contribution in [3.05, 3.63) is 84.5 Å². The van der Waals surface area contributed by atoms with E-state index in [2.05, 4.69) is 18.7 Å². The molecule has 0 aromatic heterocycles. The smallest absolute Gasteiger partial charge is 0.253 e. The van der Waals surface area contributed by atoms with Crippen molar-refractivity contribution in [1.82, 2.24) is 9.80 Å². The molecule has 2 aromatic rings. The summed E-state index contributed by atoms with van der Waals surface area (Å²) in [4.78, 5) is 51.3. The Labute approximate surface area is 272 Å². The van der Waals surface area contributed by atoms with Gasteiger partial charge in [0.2, 0.25) is 11.8 Å². The van der Waals surface area contributed by atoms with Gasteiger partial charge in [-0.1, -0.05) is 54.6 Å². The van der Waals surface area contributed by atoms with Crippen LogP contribution in [0, 0.1) is 11.8 Å². The van der Waals surface area contributed by atoms with Crippen molar-refractivity contribution in [3.63, 3.8) is 0 Å². The Morgan fingerprint density at radius 1 is 0.848 bits per heavy atom. The van der Waals surface area contributed by atoms with Crippen LogP contribution >= 0.6 is 0 Å². The van der Waals surface area contributed by atoms with Crippen LogP contribution in [0.5, 0.6) is 0 Å². The highest BCUT2D eigenvalue weighted by Gasteiger charge is 2.74. The van der Waals surface area contributed by atoms with Crippen LogP contribution in [0.3, 0.4) is 0 Å². The number of ether oxygens (including phenoxy) is 1. The third kappa shape index (κ3) is 5.43. The molecule has 0 aliphatic carbocycles. The molecule has 3 amide bonds. The van der Waals surface area contributed by atoms with E-state index in [0.29, 0.717) is 39.0 Å². The Bertz CT molecular complexity index is 1490. The van der Waals surface area contributed by atoms with Crippen LogP contribution in [0.4, 0.5) is 11.4 Å². The second kappa shape index (κ2) is 13.0. The summed E-state index contributed by atoms with van der Waals surface area (Å²) in [6, 6.07) is 16.9. The lowest BCUT2D eigenvalue weighted by atomic mass is 9.74. The van der Waals surface area contributed by atoms with E-state index < -0.39 is 29.1 Å². The lowest BCUT2D eigenvalue weighted by Gasteiger charge is -2.37. The summed E-state index contributed by atoms with van der Waals surface area (Å²) in [7, 11) is 0. The molecule has 4 heterocycles. The Kier molecular flexibility index (Phi) is 9.08. The van der Waals surface area contributed by atoms with Gasteiger partial charge >= 0.3 is 0 Å². The number of amides is 3. The second-order valence-electron chi connectivity index (χ2n) is 13.0. The molecule has 6 rings (SSSR count). The number of hydrogen-bond acceptors (Lipinski definition) is 6. The zero-order chi connectivity index (χ0) is 32.5. The maximum atomic E-state index is 14.8. The minimum absolute atomic E-state index is 0.0739. The van der Waals surface area contributed by atoms with Crippen molar-refractivity contribution in [3.8, 4) is 0 Å². The van der Waals surface area contributed by atoms with Gasteiger partial charge in [-0.25, -0.2) is 0 Å². The Morgan fingerprint density at radius 2 is 1.57 bits per heavy atom. The van der Waals surface area contributed by atoms with Gasteiger partial charge in [0.05, 0.1) is 17.4 Å². The van der Waals surface area contributed by atoms with Crippen molar-refractivity contribution < 1.29 is 24.2 Å². The van der Waals surface area contributed by atoms with Crippen LogP contribution < -0.4 is 9.80 Å². The molecule has 4 aliphatic rings. The number of rotatable bonds is 11. The summed E-state index contributed by atoms with van der Waals surface area (Å²) < 4.78 is 6.98. The lowest BCUT2D eigenvalue weighted by molar-refractivity contribution is -0.148. The molecular formula is C37H46N4O5. The van der Waals surface area contributed by atoms with Gasteiger partial charge in [-0.3, -0.25) is 14.4 Å². The Hall–Kier alpha value is -3.95. The van der Waals surface area contributed by atoms with Gasteiger partial charge in [0, 0.05) is 57.3 Å². The molecule has 0 radical (unpaired) electrons. The molecule has 244 valence electrons. The van der Waals surface area contributed by atoms with Crippen LogP contribution in [-0.2, 0) is 25.7 Å². The van der Waals surface area contributed by atoms with Crippen molar-refractivity contribution in [2.24, 2.45) is 11.8 Å². The SMILES string of the molecule is CCN(CC)c1ccc(N2CC=C[C@]34O[C@]5(C)C=CCN(Cc6ccccc6)C(=O)[C@@H]5[C@H]3C(=O)N(CCCCCO)C4C2=O)cc1. The van der Waals surface area contributed by atoms with Crippen molar-refractivity contribution >= 4 is 29.1 Å². The fourth-order valence-electron chi connectivity index (χ4n) is 7.99. The number of likely N-dealkylation sites (tertiary alicyclic amines) is 1. The van der Waals surface area contributed by atoms with Crippen LogP contribution in [0.1, 0.15) is 45.6 Å². The first kappa shape index (κ1) is 32.0. The fourth-order valence-corrected chi connectivity index (χ4v) is 7.99. The highest BCUT2D eigenvalue weighted by molar-refractivity contribution is 6.06. The van der Waals surface area contributed by atoms with Gasteiger partial charge in [0.15, 0.2) is 0 Å². The zero-order valence-corrected chi connectivity index (χ0v) is 27.2. The van der Waals surface area contributed by atoms with Gasteiger partial charge in [-0.05, 0) is 69.9 Å². The number of carbonyl (C=O) groups is 3. The largest absolute Gasteiger partial charge is 0.396 e. The van der Waals surface area contributed by atoms with Crippen LogP contribution in [-0.4, -0.2) is 89.2 Å². The predicted molar refractivity (Wildman–Crippen MR) is 178 cm³/mol. The highest BCUT2D eigenvalue weighted by atomic mass is 16.5. The molecular weight excluding hydrogens is 580 g/mol. The van der Waals surface area contributed by atoms with Crippen molar-refractivity contribution in [2.45, 2.75) is 63.8 Å². The first-order valence-corrected chi connectivity index (χ1v) is 16.7. The minimum atomic E-state index is -1.30. The summed E-state index contributed by atoms with van der Waals surface area (Å²) in [6.45, 7) is 9.47. The van der Waals surface area contributed by atoms with E-state index in [0.717, 1.165) is 36.4 Å². The topological polar surface area (TPSA) is 93.6 Å². The summed E-state index contributed by atoms with van der Waals surface area (Å²) in [6.07, 6.45) is 9.69. The third-order valence-electron chi connectivity index (χ3n) is 10.2. The first-order chi connectivity index (χ1) is 22.3. The minimum Gasteiger partial charge on any atom is -0.396 e. The molecule has 0 bridgehead atoms. The molecule has 2 fully saturated rings. The zero-order valence-electron chi connectivity index (χ0n) is 27.2. The number of fused-ring (bicyclic) bond motifs is 2. The average Bonchev–Trinajstić information content (AvgIpc) is 3.33. The number of benzene rings is 2. The average molecular weight is 627 g/mol. The number of aliphatic hydroxyl groups is 1. The number of aliphatic hydroxyl groups excluding tert-OH is 1. The lowest BCUT2D eigenvalue weighted by Crippen LogP contribution is -2.56. The van der Waals surface area contributed by atoms with Crippen molar-refractivity contribution in [2.75, 3.05) is 49.1 Å². The molecule has 4 aliphatic heterocycles. The summed E-state index contributed by atoms with van der Waals surface area (Å²) in [5.74, 6) is -2.20. The highest BCUT2D eigenvalue weighted by Crippen LogP contribution is 2.57. The molecule has 9 nitrogen and oxygen atoms in total. The van der Waals surface area contributed by atoms with Crippen LogP contribution in [0.15, 0.2) is 78.9 Å². The van der Waals surface area contributed by atoms with E-state index in [-0.39, 0.29) is 24.3 Å². The number of anilines is 2. The summed E-state index contributed by atoms with van der Waals surface area (Å²) >= 11 is 0. The number of carbonyl (C=O) groups excluding carboxylic acids is 3. The van der Waals surface area contributed by atoms with Gasteiger partial charge in [-0.2, -0.15) is 0 Å². The van der Waals surface area contributed by atoms with Gasteiger partial charge < -0.3 is 29.4 Å². The molecule has 1 spiro atoms.